The molecular weight excluding hydrogens is 458 g/mol. The summed E-state index contributed by atoms with van der Waals surface area (Å²) in [5.74, 6) is -1.65. The number of hydrogen-bond acceptors (Lipinski definition) is 7. The summed E-state index contributed by atoms with van der Waals surface area (Å²) in [4.78, 5) is 53.1. The first kappa shape index (κ1) is 22.5. The first-order valence-electron chi connectivity index (χ1n) is 11.4. The van der Waals surface area contributed by atoms with E-state index >= 15 is 0 Å². The minimum Gasteiger partial charge on any atom is -0.434 e. The van der Waals surface area contributed by atoms with Gasteiger partial charge in [0.1, 0.15) is 18.1 Å². The van der Waals surface area contributed by atoms with E-state index in [-0.39, 0.29) is 24.3 Å². The Labute approximate surface area is 199 Å². The number of rotatable bonds is 4. The highest BCUT2D eigenvalue weighted by Gasteiger charge is 2.45. The lowest BCUT2D eigenvalue weighted by Gasteiger charge is -2.34. The van der Waals surface area contributed by atoms with E-state index in [4.69, 9.17) is 4.74 Å². The van der Waals surface area contributed by atoms with Crippen LogP contribution in [-0.4, -0.2) is 64.2 Å². The molecule has 0 bridgehead atoms. The van der Waals surface area contributed by atoms with Crippen LogP contribution < -0.4 is 10.6 Å². The Morgan fingerprint density at radius 2 is 1.88 bits per heavy atom. The second kappa shape index (κ2) is 9.19. The zero-order chi connectivity index (χ0) is 23.8. The van der Waals surface area contributed by atoms with Crippen molar-refractivity contribution in [3.8, 4) is 0 Å². The lowest BCUT2D eigenvalue weighted by Crippen LogP contribution is -2.57. The van der Waals surface area contributed by atoms with Gasteiger partial charge < -0.3 is 25.4 Å². The van der Waals surface area contributed by atoms with Crippen LogP contribution in [0.4, 0.5) is 0 Å². The maximum atomic E-state index is 13.6. The van der Waals surface area contributed by atoms with Crippen LogP contribution in [-0.2, 0) is 19.1 Å². The second-order valence-corrected chi connectivity index (χ2v) is 9.89. The van der Waals surface area contributed by atoms with Gasteiger partial charge in [-0.1, -0.05) is 30.4 Å². The summed E-state index contributed by atoms with van der Waals surface area (Å²) in [7, 11) is 0. The third-order valence-corrected chi connectivity index (χ3v) is 7.68. The standard InChI is InChI=1S/C24H25N3O6S/c28-20-12-16(24(32)33-20)26-21(29)17-10-9-14-6-2-3-7-15(23(31)27(14)17)25-22(30)19-11-13-5-1-4-8-18(13)34-19/h1-5,8,11,14-17,24,32H,6-7,9-10,12H2,(H,25,30)(H,26,29)/t14-,15+,16?,17+,24?/m1/s1. The molecule has 10 heteroatoms. The molecule has 0 spiro atoms. The van der Waals surface area contributed by atoms with Crippen LogP contribution in [0.2, 0.25) is 0 Å². The number of nitrogens with zero attached hydrogens (tertiary/aromatic N) is 1. The highest BCUT2D eigenvalue weighted by molar-refractivity contribution is 7.20. The van der Waals surface area contributed by atoms with Crippen molar-refractivity contribution in [2.24, 2.45) is 0 Å². The number of hydrogen-bond donors (Lipinski definition) is 3. The van der Waals surface area contributed by atoms with Crippen LogP contribution in [0.3, 0.4) is 0 Å². The number of cyclic esters (lactones) is 1. The molecule has 2 fully saturated rings. The van der Waals surface area contributed by atoms with Gasteiger partial charge in [-0.05, 0) is 43.2 Å². The number of ether oxygens (including phenoxy) is 1. The number of fused-ring (bicyclic) bond motifs is 2. The second-order valence-electron chi connectivity index (χ2n) is 8.81. The van der Waals surface area contributed by atoms with E-state index in [2.05, 4.69) is 10.6 Å². The monoisotopic (exact) mass is 483 g/mol. The molecule has 3 aliphatic rings. The van der Waals surface area contributed by atoms with Gasteiger partial charge in [0, 0.05) is 10.7 Å². The van der Waals surface area contributed by atoms with E-state index in [1.54, 1.807) is 4.90 Å². The molecule has 3 N–H and O–H groups in total. The Kier molecular flexibility index (Phi) is 6.09. The van der Waals surface area contributed by atoms with Gasteiger partial charge in [0.05, 0.1) is 11.3 Å². The van der Waals surface area contributed by atoms with Crippen molar-refractivity contribution >= 4 is 45.1 Å². The Morgan fingerprint density at radius 1 is 1.09 bits per heavy atom. The molecule has 3 amide bonds. The van der Waals surface area contributed by atoms with Gasteiger partial charge in [0.25, 0.3) is 5.91 Å². The quantitative estimate of drug-likeness (QED) is 0.447. The third kappa shape index (κ3) is 4.30. The van der Waals surface area contributed by atoms with E-state index in [9.17, 15) is 24.3 Å². The predicted octanol–water partition coefficient (Wildman–Crippen LogP) is 1.46. The summed E-state index contributed by atoms with van der Waals surface area (Å²) in [5.41, 5.74) is 0. The molecule has 0 radical (unpaired) electrons. The molecule has 1 aromatic heterocycles. The number of carbonyl (C=O) groups excluding carboxylic acids is 4. The van der Waals surface area contributed by atoms with E-state index in [1.165, 1.54) is 11.3 Å². The Morgan fingerprint density at radius 3 is 2.65 bits per heavy atom. The first-order chi connectivity index (χ1) is 16.4. The predicted molar refractivity (Wildman–Crippen MR) is 124 cm³/mol. The summed E-state index contributed by atoms with van der Waals surface area (Å²) in [6, 6.07) is 6.97. The SMILES string of the molecule is O=C1CC(NC(=O)[C@@H]2CC[C@H]3CC=CC[C@H](NC(=O)c4cc5ccccc5s4)C(=O)N32)C(O)O1. The number of amides is 3. The van der Waals surface area contributed by atoms with Crippen molar-refractivity contribution < 1.29 is 29.0 Å². The van der Waals surface area contributed by atoms with Gasteiger partial charge in [0.2, 0.25) is 18.1 Å². The summed E-state index contributed by atoms with van der Waals surface area (Å²) < 4.78 is 5.68. The number of benzene rings is 1. The maximum absolute atomic E-state index is 13.6. The Hall–Kier alpha value is -3.24. The summed E-state index contributed by atoms with van der Waals surface area (Å²) >= 11 is 1.37. The fourth-order valence-electron chi connectivity index (χ4n) is 4.86. The molecule has 9 nitrogen and oxygen atoms in total. The van der Waals surface area contributed by atoms with Crippen LogP contribution >= 0.6 is 11.3 Å². The van der Waals surface area contributed by atoms with Crippen molar-refractivity contribution in [2.75, 3.05) is 0 Å². The third-order valence-electron chi connectivity index (χ3n) is 6.57. The van der Waals surface area contributed by atoms with Gasteiger partial charge in [-0.15, -0.1) is 11.3 Å². The van der Waals surface area contributed by atoms with Crippen LogP contribution in [0.25, 0.3) is 10.1 Å². The van der Waals surface area contributed by atoms with Gasteiger partial charge in [-0.25, -0.2) is 0 Å². The van der Waals surface area contributed by atoms with Crippen molar-refractivity contribution in [1.82, 2.24) is 15.5 Å². The van der Waals surface area contributed by atoms with Gasteiger partial charge >= 0.3 is 5.97 Å². The largest absolute Gasteiger partial charge is 0.434 e. The molecule has 0 saturated carbocycles. The smallest absolute Gasteiger partial charge is 0.310 e. The topological polar surface area (TPSA) is 125 Å². The molecule has 4 heterocycles. The molecule has 3 aliphatic heterocycles. The lowest BCUT2D eigenvalue weighted by molar-refractivity contribution is -0.155. The molecule has 2 aromatic rings. The van der Waals surface area contributed by atoms with Gasteiger partial charge in [-0.3, -0.25) is 19.2 Å². The zero-order valence-corrected chi connectivity index (χ0v) is 19.1. The van der Waals surface area contributed by atoms with E-state index in [0.717, 1.165) is 10.1 Å². The molecule has 178 valence electrons. The van der Waals surface area contributed by atoms with E-state index in [0.29, 0.717) is 30.6 Å². The maximum Gasteiger partial charge on any atom is 0.310 e. The van der Waals surface area contributed by atoms with Crippen molar-refractivity contribution in [1.29, 1.82) is 0 Å². The van der Waals surface area contributed by atoms with Crippen molar-refractivity contribution in [2.45, 2.75) is 62.6 Å². The molecule has 34 heavy (non-hydrogen) atoms. The molecule has 5 atom stereocenters. The molecule has 1 aromatic carbocycles. The van der Waals surface area contributed by atoms with Gasteiger partial charge in [-0.2, -0.15) is 0 Å². The highest BCUT2D eigenvalue weighted by atomic mass is 32.1. The number of nitrogens with one attached hydrogen (secondary N) is 2. The van der Waals surface area contributed by atoms with E-state index in [1.807, 2.05) is 42.5 Å². The minimum absolute atomic E-state index is 0.117. The Balaban J connectivity index is 1.32. The van der Waals surface area contributed by atoms with Crippen molar-refractivity contribution in [3.05, 3.63) is 47.4 Å². The number of aliphatic hydroxyl groups excluding tert-OH is 1. The van der Waals surface area contributed by atoms with Crippen LogP contribution in [0.5, 0.6) is 0 Å². The molecule has 2 saturated heterocycles. The zero-order valence-electron chi connectivity index (χ0n) is 18.3. The minimum atomic E-state index is -1.40. The number of carbonyl (C=O) groups is 4. The fourth-order valence-corrected chi connectivity index (χ4v) is 5.83. The highest BCUT2D eigenvalue weighted by Crippen LogP contribution is 2.31. The summed E-state index contributed by atoms with van der Waals surface area (Å²) in [6.45, 7) is 0. The van der Waals surface area contributed by atoms with E-state index < -0.39 is 36.3 Å². The normalized spacial score (nSPS) is 28.9. The fraction of sp³-hybridized carbons (Fsp3) is 0.417. The van der Waals surface area contributed by atoms with Crippen molar-refractivity contribution in [3.63, 3.8) is 0 Å². The summed E-state index contributed by atoms with van der Waals surface area (Å²) in [5, 5.41) is 16.3. The number of aliphatic hydroxyl groups is 1. The molecule has 2 unspecified atom stereocenters. The summed E-state index contributed by atoms with van der Waals surface area (Å²) in [6.07, 6.45) is 4.43. The number of esters is 1. The molecule has 5 rings (SSSR count). The Bertz CT molecular complexity index is 1140. The lowest BCUT2D eigenvalue weighted by atomic mass is 10.0. The average Bonchev–Trinajstić information content (AvgIpc) is 3.50. The number of thiophene rings is 1. The van der Waals surface area contributed by atoms with Crippen LogP contribution in [0.15, 0.2) is 42.5 Å². The first-order valence-corrected chi connectivity index (χ1v) is 12.2. The van der Waals surface area contributed by atoms with Crippen LogP contribution in [0, 0.1) is 0 Å². The average molecular weight is 484 g/mol. The molecular formula is C24H25N3O6S. The van der Waals surface area contributed by atoms with Crippen LogP contribution in [0.1, 0.15) is 41.8 Å². The van der Waals surface area contributed by atoms with Gasteiger partial charge in [0.15, 0.2) is 0 Å². The molecule has 0 aliphatic carbocycles.